The number of nitrogens with one attached hydrogen (secondary N) is 1. The zero-order chi connectivity index (χ0) is 22.8. The van der Waals surface area contributed by atoms with Crippen LogP contribution >= 0.6 is 23.2 Å². The van der Waals surface area contributed by atoms with Crippen molar-refractivity contribution in [2.75, 3.05) is 11.9 Å². The molecule has 2 aromatic carbocycles. The van der Waals surface area contributed by atoms with E-state index >= 15 is 0 Å². The number of aromatic nitrogens is 4. The number of hydrogen-bond donors (Lipinski definition) is 2. The smallest absolute Gasteiger partial charge is 0.248 e. The van der Waals surface area contributed by atoms with Crippen molar-refractivity contribution in [2.45, 2.75) is 26.5 Å². The second-order valence-corrected chi connectivity index (χ2v) is 7.87. The molecule has 1 atom stereocenters. The summed E-state index contributed by atoms with van der Waals surface area (Å²) in [5.74, 6) is 0.892. The standard InChI is InChI=1S/C21H20Cl2N6O3/c1-3-31-17-9-13(5-7-16(17)32-10-12-4-6-14(22)15(23)8-12)19-18(20(24)30)11(2)25-21-26-27-28-29(19)21/h4-9,19H,3,10H2,1-2H3,(H2,24,30)(H,25,26,28). The predicted octanol–water partition coefficient (Wildman–Crippen LogP) is 3.73. The second-order valence-electron chi connectivity index (χ2n) is 7.05. The van der Waals surface area contributed by atoms with E-state index in [0.717, 1.165) is 11.1 Å². The molecule has 1 unspecified atom stereocenters. The Balaban J connectivity index is 1.68. The van der Waals surface area contributed by atoms with Gasteiger partial charge in [0.1, 0.15) is 12.6 Å². The molecule has 1 aliphatic rings. The van der Waals surface area contributed by atoms with Crippen LogP contribution in [0.1, 0.15) is 31.0 Å². The summed E-state index contributed by atoms with van der Waals surface area (Å²) in [4.78, 5) is 12.2. The number of allylic oxidation sites excluding steroid dienone is 1. The van der Waals surface area contributed by atoms with Crippen LogP contribution in [-0.2, 0) is 11.4 Å². The Kier molecular flexibility index (Phi) is 6.20. The molecule has 0 bridgehead atoms. The highest BCUT2D eigenvalue weighted by Crippen LogP contribution is 2.38. The molecule has 0 saturated heterocycles. The molecule has 3 N–H and O–H groups in total. The van der Waals surface area contributed by atoms with Crippen LogP contribution in [0.3, 0.4) is 0 Å². The molecule has 2 heterocycles. The number of tetrazole rings is 1. The van der Waals surface area contributed by atoms with E-state index in [9.17, 15) is 4.79 Å². The fraction of sp³-hybridized carbons (Fsp3) is 0.238. The zero-order valence-corrected chi connectivity index (χ0v) is 18.8. The largest absolute Gasteiger partial charge is 0.490 e. The Hall–Kier alpha value is -3.30. The molecule has 0 aliphatic carbocycles. The van der Waals surface area contributed by atoms with E-state index < -0.39 is 11.9 Å². The average molecular weight is 475 g/mol. The molecule has 0 radical (unpaired) electrons. The lowest BCUT2D eigenvalue weighted by atomic mass is 9.95. The maximum Gasteiger partial charge on any atom is 0.248 e. The highest BCUT2D eigenvalue weighted by molar-refractivity contribution is 6.42. The SMILES string of the molecule is CCOc1cc(C2C(C(N)=O)=C(C)Nc3nnnn32)ccc1OCc1ccc(Cl)c(Cl)c1. The Morgan fingerprint density at radius 2 is 1.97 bits per heavy atom. The van der Waals surface area contributed by atoms with Crippen LogP contribution < -0.4 is 20.5 Å². The number of nitrogens with two attached hydrogens (primary N) is 1. The van der Waals surface area contributed by atoms with Crippen molar-refractivity contribution in [2.24, 2.45) is 5.73 Å². The number of carbonyl (C=O) groups excluding carboxylic acids is 1. The van der Waals surface area contributed by atoms with Crippen molar-refractivity contribution >= 4 is 35.1 Å². The van der Waals surface area contributed by atoms with Gasteiger partial charge in [0.2, 0.25) is 11.9 Å². The first kappa shape index (κ1) is 21.9. The number of carbonyl (C=O) groups is 1. The number of rotatable bonds is 7. The summed E-state index contributed by atoms with van der Waals surface area (Å²) < 4.78 is 13.3. The van der Waals surface area contributed by atoms with Gasteiger partial charge in [0.15, 0.2) is 11.5 Å². The van der Waals surface area contributed by atoms with Crippen LogP contribution in [0.5, 0.6) is 11.5 Å². The zero-order valence-electron chi connectivity index (χ0n) is 17.3. The molecular weight excluding hydrogens is 455 g/mol. The molecule has 11 heteroatoms. The Morgan fingerprint density at radius 1 is 1.16 bits per heavy atom. The number of nitrogens with zero attached hydrogens (tertiary/aromatic N) is 4. The lowest BCUT2D eigenvalue weighted by Crippen LogP contribution is -2.31. The molecule has 9 nitrogen and oxygen atoms in total. The fourth-order valence-corrected chi connectivity index (χ4v) is 3.83. The molecule has 4 rings (SSSR count). The quantitative estimate of drug-likeness (QED) is 0.535. The monoisotopic (exact) mass is 474 g/mol. The molecule has 0 fully saturated rings. The molecule has 0 saturated carbocycles. The molecule has 1 aliphatic heterocycles. The van der Waals surface area contributed by atoms with Gasteiger partial charge in [-0.2, -0.15) is 4.68 Å². The minimum atomic E-state index is -0.609. The molecular formula is C21H20Cl2N6O3. The third-order valence-corrected chi connectivity index (χ3v) is 5.68. The number of halogens is 2. The van der Waals surface area contributed by atoms with E-state index in [1.807, 2.05) is 19.1 Å². The third-order valence-electron chi connectivity index (χ3n) is 4.94. The third kappa shape index (κ3) is 4.21. The maximum absolute atomic E-state index is 12.2. The minimum Gasteiger partial charge on any atom is -0.490 e. The number of ether oxygens (including phenoxy) is 2. The van der Waals surface area contributed by atoms with Crippen molar-refractivity contribution in [3.8, 4) is 11.5 Å². The van der Waals surface area contributed by atoms with Crippen LogP contribution in [0.25, 0.3) is 0 Å². The van der Waals surface area contributed by atoms with E-state index in [1.54, 1.807) is 31.2 Å². The summed E-state index contributed by atoms with van der Waals surface area (Å²) in [6, 6.07) is 10.1. The van der Waals surface area contributed by atoms with Crippen molar-refractivity contribution in [3.63, 3.8) is 0 Å². The molecule has 166 valence electrons. The minimum absolute atomic E-state index is 0.270. The number of anilines is 1. The Bertz CT molecular complexity index is 1210. The van der Waals surface area contributed by atoms with Crippen molar-refractivity contribution < 1.29 is 14.3 Å². The highest BCUT2D eigenvalue weighted by atomic mass is 35.5. The van der Waals surface area contributed by atoms with Gasteiger partial charge in [-0.3, -0.25) is 4.79 Å². The first-order valence-electron chi connectivity index (χ1n) is 9.78. The van der Waals surface area contributed by atoms with Crippen LogP contribution in [0.15, 0.2) is 47.7 Å². The number of primary amides is 1. The van der Waals surface area contributed by atoms with Crippen molar-refractivity contribution in [1.29, 1.82) is 0 Å². The first-order valence-corrected chi connectivity index (χ1v) is 10.5. The van der Waals surface area contributed by atoms with Gasteiger partial charge in [-0.05, 0) is 59.7 Å². The van der Waals surface area contributed by atoms with E-state index in [0.29, 0.717) is 45.4 Å². The number of hydrogen-bond acceptors (Lipinski definition) is 7. The predicted molar refractivity (Wildman–Crippen MR) is 120 cm³/mol. The van der Waals surface area contributed by atoms with Crippen LogP contribution in [0.4, 0.5) is 5.95 Å². The topological polar surface area (TPSA) is 117 Å². The van der Waals surface area contributed by atoms with Gasteiger partial charge >= 0.3 is 0 Å². The Morgan fingerprint density at radius 3 is 2.69 bits per heavy atom. The van der Waals surface area contributed by atoms with Gasteiger partial charge in [0, 0.05) is 5.70 Å². The van der Waals surface area contributed by atoms with E-state index in [2.05, 4.69) is 20.8 Å². The summed E-state index contributed by atoms with van der Waals surface area (Å²) in [7, 11) is 0. The normalized spacial score (nSPS) is 15.2. The summed E-state index contributed by atoms with van der Waals surface area (Å²) >= 11 is 12.1. The van der Waals surface area contributed by atoms with Gasteiger partial charge in [-0.15, -0.1) is 0 Å². The fourth-order valence-electron chi connectivity index (χ4n) is 3.51. The number of benzene rings is 2. The van der Waals surface area contributed by atoms with Gasteiger partial charge < -0.3 is 20.5 Å². The lowest BCUT2D eigenvalue weighted by Gasteiger charge is -2.27. The van der Waals surface area contributed by atoms with Gasteiger partial charge in [-0.25, -0.2) is 0 Å². The van der Waals surface area contributed by atoms with Gasteiger partial charge in [-0.1, -0.05) is 40.4 Å². The van der Waals surface area contributed by atoms with Crippen LogP contribution in [0, 0.1) is 0 Å². The van der Waals surface area contributed by atoms with Crippen molar-refractivity contribution in [3.05, 3.63) is 68.8 Å². The molecule has 3 aromatic rings. The van der Waals surface area contributed by atoms with Crippen molar-refractivity contribution in [1.82, 2.24) is 20.2 Å². The van der Waals surface area contributed by atoms with Crippen LogP contribution in [0.2, 0.25) is 10.0 Å². The number of fused-ring (bicyclic) bond motifs is 1. The summed E-state index contributed by atoms with van der Waals surface area (Å²) in [6.45, 7) is 4.32. The van der Waals surface area contributed by atoms with Gasteiger partial charge in [0.25, 0.3) is 0 Å². The van der Waals surface area contributed by atoms with E-state index in [-0.39, 0.29) is 6.61 Å². The summed E-state index contributed by atoms with van der Waals surface area (Å²) in [6.07, 6.45) is 0. The number of amides is 1. The average Bonchev–Trinajstić information content (AvgIpc) is 3.22. The lowest BCUT2D eigenvalue weighted by molar-refractivity contribution is -0.115. The van der Waals surface area contributed by atoms with E-state index in [1.165, 1.54) is 4.68 Å². The van der Waals surface area contributed by atoms with E-state index in [4.69, 9.17) is 38.4 Å². The summed E-state index contributed by atoms with van der Waals surface area (Å²) in [5.41, 5.74) is 8.20. The highest BCUT2D eigenvalue weighted by Gasteiger charge is 2.33. The summed E-state index contributed by atoms with van der Waals surface area (Å²) in [5, 5.41) is 15.6. The second kappa shape index (κ2) is 9.05. The van der Waals surface area contributed by atoms with Gasteiger partial charge in [0.05, 0.1) is 22.2 Å². The molecule has 0 spiro atoms. The molecule has 32 heavy (non-hydrogen) atoms. The maximum atomic E-state index is 12.2. The Labute approximate surface area is 194 Å². The molecule has 1 aromatic heterocycles. The van der Waals surface area contributed by atoms with Crippen LogP contribution in [-0.4, -0.2) is 32.7 Å². The first-order chi connectivity index (χ1) is 15.4. The molecule has 1 amide bonds.